The van der Waals surface area contributed by atoms with Gasteiger partial charge in [-0.2, -0.15) is 4.98 Å². The van der Waals surface area contributed by atoms with Crippen molar-refractivity contribution in [3.05, 3.63) is 29.9 Å². The molecule has 21 heavy (non-hydrogen) atoms. The monoisotopic (exact) mass is 291 g/mol. The fourth-order valence-electron chi connectivity index (χ4n) is 1.65. The molecule has 0 saturated carbocycles. The number of rotatable bonds is 5. The zero-order valence-corrected chi connectivity index (χ0v) is 12.1. The lowest BCUT2D eigenvalue weighted by molar-refractivity contribution is 0.376. The Balaban J connectivity index is 2.09. The van der Waals surface area contributed by atoms with Crippen LogP contribution in [0.1, 0.15) is 11.7 Å². The van der Waals surface area contributed by atoms with Crippen LogP contribution in [0.15, 0.2) is 27.7 Å². The molecule has 0 spiro atoms. The molecule has 0 bridgehead atoms. The highest BCUT2D eigenvalue weighted by molar-refractivity contribution is 5.93. The Morgan fingerprint density at radius 2 is 2.19 bits per heavy atom. The van der Waals surface area contributed by atoms with Crippen molar-refractivity contribution in [1.29, 1.82) is 0 Å². The van der Waals surface area contributed by atoms with Gasteiger partial charge in [-0.3, -0.25) is 0 Å². The Morgan fingerprint density at radius 3 is 2.81 bits per heavy atom. The van der Waals surface area contributed by atoms with Crippen molar-refractivity contribution in [3.63, 3.8) is 0 Å². The van der Waals surface area contributed by atoms with E-state index < -0.39 is 0 Å². The van der Waals surface area contributed by atoms with Crippen molar-refractivity contribution < 1.29 is 14.0 Å². The first-order chi connectivity index (χ1) is 10.1. The first kappa shape index (κ1) is 14.6. The maximum atomic E-state index is 5.83. The molecule has 0 fully saturated rings. The molecular weight excluding hydrogens is 274 g/mol. The summed E-state index contributed by atoms with van der Waals surface area (Å²) in [4.78, 5) is 8.16. The zero-order valence-electron chi connectivity index (χ0n) is 12.1. The van der Waals surface area contributed by atoms with Crippen molar-refractivity contribution in [2.75, 3.05) is 19.5 Å². The lowest BCUT2D eigenvalue weighted by Crippen LogP contribution is -2.23. The van der Waals surface area contributed by atoms with Crippen LogP contribution in [0.5, 0.6) is 11.5 Å². The fraction of sp³-hybridized carbons (Fsp3) is 0.308. The van der Waals surface area contributed by atoms with Gasteiger partial charge in [0.25, 0.3) is 0 Å². The lowest BCUT2D eigenvalue weighted by atomic mass is 10.2. The van der Waals surface area contributed by atoms with E-state index >= 15 is 0 Å². The highest BCUT2D eigenvalue weighted by Gasteiger charge is 2.07. The average molecular weight is 291 g/mol. The normalized spacial score (nSPS) is 11.3. The smallest absolute Gasteiger partial charge is 0.248 e. The van der Waals surface area contributed by atoms with Crippen molar-refractivity contribution in [2.24, 2.45) is 10.7 Å². The summed E-state index contributed by atoms with van der Waals surface area (Å²) in [5, 5.41) is 6.62. The zero-order chi connectivity index (χ0) is 15.2. The van der Waals surface area contributed by atoms with Crippen LogP contribution >= 0.6 is 0 Å². The first-order valence-electron chi connectivity index (χ1n) is 6.20. The topological polar surface area (TPSA) is 108 Å². The third-order valence-electron chi connectivity index (χ3n) is 2.62. The molecule has 0 aliphatic carbocycles. The number of ether oxygens (including phenoxy) is 2. The maximum absolute atomic E-state index is 5.83. The number of nitrogens with zero attached hydrogens (tertiary/aromatic N) is 3. The van der Waals surface area contributed by atoms with Gasteiger partial charge in [0.2, 0.25) is 5.89 Å². The molecule has 2 rings (SSSR count). The van der Waals surface area contributed by atoms with Gasteiger partial charge in [0.05, 0.1) is 19.9 Å². The molecule has 0 radical (unpaired) electrons. The van der Waals surface area contributed by atoms with Gasteiger partial charge in [-0.1, -0.05) is 5.16 Å². The van der Waals surface area contributed by atoms with Gasteiger partial charge < -0.3 is 25.0 Å². The molecule has 1 aromatic carbocycles. The summed E-state index contributed by atoms with van der Waals surface area (Å²) in [6.07, 6.45) is 0. The van der Waals surface area contributed by atoms with E-state index in [2.05, 4.69) is 20.4 Å². The van der Waals surface area contributed by atoms with Crippen LogP contribution in [0.2, 0.25) is 0 Å². The molecule has 0 amide bonds. The minimum Gasteiger partial charge on any atom is -0.497 e. The van der Waals surface area contributed by atoms with Crippen LogP contribution in [0.4, 0.5) is 5.69 Å². The van der Waals surface area contributed by atoms with Crippen LogP contribution in [-0.2, 0) is 6.54 Å². The largest absolute Gasteiger partial charge is 0.497 e. The molecule has 1 aromatic heterocycles. The highest BCUT2D eigenvalue weighted by atomic mass is 16.5. The summed E-state index contributed by atoms with van der Waals surface area (Å²) in [7, 11) is 3.16. The van der Waals surface area contributed by atoms with Crippen molar-refractivity contribution >= 4 is 11.6 Å². The summed E-state index contributed by atoms with van der Waals surface area (Å²) < 4.78 is 15.4. The molecule has 3 N–H and O–H groups in total. The van der Waals surface area contributed by atoms with E-state index in [0.29, 0.717) is 28.9 Å². The van der Waals surface area contributed by atoms with Gasteiger partial charge in [-0.05, 0) is 19.1 Å². The minimum absolute atomic E-state index is 0.200. The van der Waals surface area contributed by atoms with Crippen molar-refractivity contribution in [1.82, 2.24) is 10.1 Å². The van der Waals surface area contributed by atoms with Crippen molar-refractivity contribution in [3.8, 4) is 11.5 Å². The van der Waals surface area contributed by atoms with Crippen LogP contribution < -0.4 is 20.5 Å². The number of aliphatic imine (C=N–C) groups is 1. The Morgan fingerprint density at radius 1 is 1.38 bits per heavy atom. The van der Waals surface area contributed by atoms with E-state index in [1.807, 2.05) is 0 Å². The summed E-state index contributed by atoms with van der Waals surface area (Å²) in [5.74, 6) is 2.47. The van der Waals surface area contributed by atoms with Gasteiger partial charge in [0.15, 0.2) is 11.8 Å². The number of hydrogen-bond acceptors (Lipinski definition) is 6. The van der Waals surface area contributed by atoms with Gasteiger partial charge in [0.1, 0.15) is 18.0 Å². The molecule has 8 nitrogen and oxygen atoms in total. The van der Waals surface area contributed by atoms with E-state index in [1.165, 1.54) is 0 Å². The van der Waals surface area contributed by atoms with E-state index in [0.717, 1.165) is 0 Å². The SMILES string of the molecule is COc1ccc(OC)c(NC(N)=NCc2nc(C)no2)c1. The molecule has 0 aliphatic heterocycles. The molecule has 0 aliphatic rings. The number of aromatic nitrogens is 2. The van der Waals surface area contributed by atoms with Crippen LogP contribution in [-0.4, -0.2) is 30.3 Å². The Labute approximate surface area is 122 Å². The standard InChI is InChI=1S/C13H17N5O3/c1-8-16-12(21-18-8)7-15-13(14)17-10-6-9(19-2)4-5-11(10)20-3/h4-6H,7H2,1-3H3,(H3,14,15,17). The Bertz CT molecular complexity index is 638. The highest BCUT2D eigenvalue weighted by Crippen LogP contribution is 2.28. The molecule has 0 atom stereocenters. The van der Waals surface area contributed by atoms with Crippen LogP contribution in [0, 0.1) is 6.92 Å². The molecule has 0 unspecified atom stereocenters. The van der Waals surface area contributed by atoms with Crippen molar-refractivity contribution in [2.45, 2.75) is 13.5 Å². The predicted octanol–water partition coefficient (Wildman–Crippen LogP) is 1.32. The quantitative estimate of drug-likeness (QED) is 0.631. The number of nitrogens with one attached hydrogen (secondary N) is 1. The molecule has 8 heteroatoms. The summed E-state index contributed by atoms with van der Waals surface area (Å²) in [5.41, 5.74) is 6.48. The van der Waals surface area contributed by atoms with E-state index in [4.69, 9.17) is 19.7 Å². The summed E-state index contributed by atoms with van der Waals surface area (Å²) in [6.45, 7) is 1.94. The first-order valence-corrected chi connectivity index (χ1v) is 6.20. The second kappa shape index (κ2) is 6.60. The lowest BCUT2D eigenvalue weighted by Gasteiger charge is -2.11. The minimum atomic E-state index is 0.200. The number of aryl methyl sites for hydroxylation is 1. The number of anilines is 1. The van der Waals surface area contributed by atoms with E-state index in [-0.39, 0.29) is 12.5 Å². The molecule has 1 heterocycles. The van der Waals surface area contributed by atoms with Crippen LogP contribution in [0.25, 0.3) is 0 Å². The Hall–Kier alpha value is -2.77. The molecule has 2 aromatic rings. The van der Waals surface area contributed by atoms with E-state index in [1.54, 1.807) is 39.3 Å². The Kier molecular flexibility index (Phi) is 4.60. The molecule has 112 valence electrons. The second-order valence-corrected chi connectivity index (χ2v) is 4.13. The number of nitrogens with two attached hydrogens (primary N) is 1. The van der Waals surface area contributed by atoms with Gasteiger partial charge in [-0.15, -0.1) is 0 Å². The third-order valence-corrected chi connectivity index (χ3v) is 2.62. The van der Waals surface area contributed by atoms with Gasteiger partial charge in [-0.25, -0.2) is 4.99 Å². The molecule has 0 saturated heterocycles. The van der Waals surface area contributed by atoms with Gasteiger partial charge in [0, 0.05) is 6.07 Å². The van der Waals surface area contributed by atoms with Crippen LogP contribution in [0.3, 0.4) is 0 Å². The van der Waals surface area contributed by atoms with Gasteiger partial charge >= 0.3 is 0 Å². The number of guanidine groups is 1. The second-order valence-electron chi connectivity index (χ2n) is 4.13. The number of benzene rings is 1. The molecular formula is C13H17N5O3. The number of methoxy groups -OCH3 is 2. The maximum Gasteiger partial charge on any atom is 0.248 e. The van der Waals surface area contributed by atoms with E-state index in [9.17, 15) is 0 Å². The average Bonchev–Trinajstić information content (AvgIpc) is 2.90. The third kappa shape index (κ3) is 3.85. The fourth-order valence-corrected chi connectivity index (χ4v) is 1.65. The predicted molar refractivity (Wildman–Crippen MR) is 77.5 cm³/mol. The number of hydrogen-bond donors (Lipinski definition) is 2. The summed E-state index contributed by atoms with van der Waals surface area (Å²) >= 11 is 0. The summed E-state index contributed by atoms with van der Waals surface area (Å²) in [6, 6.07) is 5.33.